The van der Waals surface area contributed by atoms with Crippen LogP contribution in [0.5, 0.6) is 5.75 Å². The highest BCUT2D eigenvalue weighted by molar-refractivity contribution is 7.22. The topological polar surface area (TPSA) is 64.1 Å². The van der Waals surface area contributed by atoms with Crippen LogP contribution in [0.2, 0.25) is 0 Å². The van der Waals surface area contributed by atoms with E-state index in [0.717, 1.165) is 15.8 Å². The Bertz CT molecular complexity index is 828. The lowest BCUT2D eigenvalue weighted by atomic mass is 10.2. The van der Waals surface area contributed by atoms with Crippen molar-refractivity contribution in [3.05, 3.63) is 54.4 Å². The first-order valence-corrected chi connectivity index (χ1v) is 7.40. The fourth-order valence-electron chi connectivity index (χ4n) is 1.93. The van der Waals surface area contributed by atoms with Gasteiger partial charge in [0, 0.05) is 18.5 Å². The van der Waals surface area contributed by atoms with Gasteiger partial charge in [-0.05, 0) is 29.8 Å². The van der Waals surface area contributed by atoms with Crippen LogP contribution in [0.25, 0.3) is 16.3 Å². The number of rotatable bonds is 4. The van der Waals surface area contributed by atoms with Crippen molar-refractivity contribution >= 4 is 38.7 Å². The largest absolute Gasteiger partial charge is 0.494 e. The van der Waals surface area contributed by atoms with Gasteiger partial charge in [0.15, 0.2) is 5.13 Å². The minimum atomic E-state index is -0.234. The van der Waals surface area contributed by atoms with Crippen molar-refractivity contribution < 1.29 is 9.53 Å². The second-order valence-corrected chi connectivity index (χ2v) is 5.47. The van der Waals surface area contributed by atoms with Gasteiger partial charge in [-0.15, -0.1) is 0 Å². The summed E-state index contributed by atoms with van der Waals surface area (Å²) in [6, 6.07) is 9.37. The molecular formula is C16H13N3O2S. The van der Waals surface area contributed by atoms with Gasteiger partial charge in [0.25, 0.3) is 0 Å². The molecule has 0 spiro atoms. The zero-order valence-electron chi connectivity index (χ0n) is 11.8. The zero-order chi connectivity index (χ0) is 15.4. The Morgan fingerprint density at radius 1 is 1.32 bits per heavy atom. The van der Waals surface area contributed by atoms with Crippen LogP contribution < -0.4 is 10.1 Å². The summed E-state index contributed by atoms with van der Waals surface area (Å²) in [6.07, 6.45) is 6.54. The molecule has 110 valence electrons. The maximum atomic E-state index is 11.9. The predicted octanol–water partition coefficient (Wildman–Crippen LogP) is 3.35. The summed E-state index contributed by atoms with van der Waals surface area (Å²) in [5.74, 6) is 0.460. The number of carbonyl (C=O) groups excluding carboxylic acids is 1. The number of hydrogen-bond donors (Lipinski definition) is 1. The second kappa shape index (κ2) is 6.36. The van der Waals surface area contributed by atoms with E-state index in [2.05, 4.69) is 15.3 Å². The van der Waals surface area contributed by atoms with Crippen LogP contribution in [0, 0.1) is 0 Å². The molecule has 2 heterocycles. The average Bonchev–Trinajstić information content (AvgIpc) is 2.96. The summed E-state index contributed by atoms with van der Waals surface area (Å²) < 4.78 is 6.23. The van der Waals surface area contributed by atoms with Gasteiger partial charge < -0.3 is 4.74 Å². The van der Waals surface area contributed by atoms with E-state index in [1.54, 1.807) is 25.6 Å². The number of anilines is 1. The van der Waals surface area contributed by atoms with Gasteiger partial charge in [-0.25, -0.2) is 4.98 Å². The maximum Gasteiger partial charge on any atom is 0.250 e. The molecule has 0 aliphatic rings. The molecule has 0 aliphatic carbocycles. The lowest BCUT2D eigenvalue weighted by molar-refractivity contribution is -0.111. The predicted molar refractivity (Wildman–Crippen MR) is 88.1 cm³/mol. The normalized spacial score (nSPS) is 11.0. The lowest BCUT2D eigenvalue weighted by Crippen LogP contribution is -2.07. The zero-order valence-corrected chi connectivity index (χ0v) is 12.6. The van der Waals surface area contributed by atoms with Crippen molar-refractivity contribution in [1.29, 1.82) is 0 Å². The molecule has 1 amide bonds. The standard InChI is InChI=1S/C16H13N3O2S/c1-21-12-5-2-6-13-15(12)19-16(22-13)18-14(20)8-7-11-4-3-9-17-10-11/h2-10H,1H3,(H,18,19,20)/b8-7+. The number of carbonyl (C=O) groups is 1. The molecule has 0 unspecified atom stereocenters. The highest BCUT2D eigenvalue weighted by Crippen LogP contribution is 2.31. The summed E-state index contributed by atoms with van der Waals surface area (Å²) in [5, 5.41) is 3.30. The van der Waals surface area contributed by atoms with Crippen molar-refractivity contribution in [2.45, 2.75) is 0 Å². The van der Waals surface area contributed by atoms with Crippen molar-refractivity contribution in [3.8, 4) is 5.75 Å². The molecule has 3 aromatic rings. The van der Waals surface area contributed by atoms with Crippen molar-refractivity contribution in [3.63, 3.8) is 0 Å². The Labute approximate surface area is 131 Å². The van der Waals surface area contributed by atoms with Crippen LogP contribution in [0.1, 0.15) is 5.56 Å². The summed E-state index contributed by atoms with van der Waals surface area (Å²) in [4.78, 5) is 20.3. The number of hydrogen-bond acceptors (Lipinski definition) is 5. The number of fused-ring (bicyclic) bond motifs is 1. The molecule has 0 bridgehead atoms. The fraction of sp³-hybridized carbons (Fsp3) is 0.0625. The summed E-state index contributed by atoms with van der Waals surface area (Å²) >= 11 is 1.41. The van der Waals surface area contributed by atoms with E-state index < -0.39 is 0 Å². The maximum absolute atomic E-state index is 11.9. The monoisotopic (exact) mass is 311 g/mol. The number of thiazole rings is 1. The van der Waals surface area contributed by atoms with E-state index in [4.69, 9.17) is 4.74 Å². The van der Waals surface area contributed by atoms with Gasteiger partial charge in [-0.1, -0.05) is 23.5 Å². The lowest BCUT2D eigenvalue weighted by Gasteiger charge is -1.98. The van der Waals surface area contributed by atoms with E-state index in [-0.39, 0.29) is 5.91 Å². The molecule has 0 aliphatic heterocycles. The molecule has 3 rings (SSSR count). The third kappa shape index (κ3) is 3.12. The molecule has 2 aromatic heterocycles. The average molecular weight is 311 g/mol. The molecule has 0 atom stereocenters. The third-order valence-electron chi connectivity index (χ3n) is 2.94. The Balaban J connectivity index is 1.75. The first-order chi connectivity index (χ1) is 10.8. The van der Waals surface area contributed by atoms with Crippen LogP contribution in [-0.2, 0) is 4.79 Å². The number of nitrogens with one attached hydrogen (secondary N) is 1. The van der Waals surface area contributed by atoms with Crippen LogP contribution >= 0.6 is 11.3 Å². The second-order valence-electron chi connectivity index (χ2n) is 4.43. The van der Waals surface area contributed by atoms with Gasteiger partial charge in [-0.2, -0.15) is 0 Å². The number of amides is 1. The quantitative estimate of drug-likeness (QED) is 0.750. The summed E-state index contributed by atoms with van der Waals surface area (Å²) in [7, 11) is 1.60. The molecule has 22 heavy (non-hydrogen) atoms. The highest BCUT2D eigenvalue weighted by atomic mass is 32.1. The number of ether oxygens (including phenoxy) is 1. The third-order valence-corrected chi connectivity index (χ3v) is 3.88. The molecule has 1 aromatic carbocycles. The summed E-state index contributed by atoms with van der Waals surface area (Å²) in [5.41, 5.74) is 1.62. The number of pyridine rings is 1. The number of para-hydroxylation sites is 1. The van der Waals surface area contributed by atoms with E-state index in [1.165, 1.54) is 17.4 Å². The van der Waals surface area contributed by atoms with Crippen molar-refractivity contribution in [2.75, 3.05) is 12.4 Å². The Hall–Kier alpha value is -2.73. The van der Waals surface area contributed by atoms with Crippen LogP contribution in [-0.4, -0.2) is 23.0 Å². The number of methoxy groups -OCH3 is 1. The number of aromatic nitrogens is 2. The number of benzene rings is 1. The molecule has 0 saturated carbocycles. The van der Waals surface area contributed by atoms with E-state index in [0.29, 0.717) is 10.9 Å². The fourth-order valence-corrected chi connectivity index (χ4v) is 2.82. The molecule has 5 nitrogen and oxygen atoms in total. The van der Waals surface area contributed by atoms with Gasteiger partial charge in [0.2, 0.25) is 5.91 Å². The Kier molecular flexibility index (Phi) is 4.11. The number of nitrogens with zero attached hydrogens (tertiary/aromatic N) is 2. The van der Waals surface area contributed by atoms with Gasteiger partial charge in [0.05, 0.1) is 11.8 Å². The first kappa shape index (κ1) is 14.2. The van der Waals surface area contributed by atoms with E-state index >= 15 is 0 Å². The van der Waals surface area contributed by atoms with Crippen molar-refractivity contribution in [2.24, 2.45) is 0 Å². The van der Waals surface area contributed by atoms with Crippen LogP contribution in [0.15, 0.2) is 48.8 Å². The summed E-state index contributed by atoms with van der Waals surface area (Å²) in [6.45, 7) is 0. The highest BCUT2D eigenvalue weighted by Gasteiger charge is 2.09. The molecule has 6 heteroatoms. The van der Waals surface area contributed by atoms with Gasteiger partial charge >= 0.3 is 0 Å². The molecule has 0 radical (unpaired) electrons. The molecule has 0 saturated heterocycles. The Morgan fingerprint density at radius 3 is 3.00 bits per heavy atom. The molecule has 1 N–H and O–H groups in total. The van der Waals surface area contributed by atoms with Crippen molar-refractivity contribution in [1.82, 2.24) is 9.97 Å². The van der Waals surface area contributed by atoms with E-state index in [1.807, 2.05) is 30.3 Å². The van der Waals surface area contributed by atoms with Crippen LogP contribution in [0.4, 0.5) is 5.13 Å². The van der Waals surface area contributed by atoms with E-state index in [9.17, 15) is 4.79 Å². The molecule has 0 fully saturated rings. The minimum absolute atomic E-state index is 0.234. The smallest absolute Gasteiger partial charge is 0.250 e. The van der Waals surface area contributed by atoms with Crippen LogP contribution in [0.3, 0.4) is 0 Å². The minimum Gasteiger partial charge on any atom is -0.494 e. The molecular weight excluding hydrogens is 298 g/mol. The first-order valence-electron chi connectivity index (χ1n) is 6.59. The Morgan fingerprint density at radius 2 is 2.23 bits per heavy atom. The van der Waals surface area contributed by atoms with Gasteiger partial charge in [0.1, 0.15) is 11.3 Å². The SMILES string of the molecule is COc1cccc2sc(NC(=O)/C=C/c3cccnc3)nc12. The van der Waals surface area contributed by atoms with Gasteiger partial charge in [-0.3, -0.25) is 15.1 Å².